The molecule has 1 fully saturated rings. The average molecular weight is 833 g/mol. The summed E-state index contributed by atoms with van der Waals surface area (Å²) in [6.45, 7) is 21.5. The third kappa shape index (κ3) is 8.93. The molecule has 0 unspecified atom stereocenters. The zero-order valence-corrected chi connectivity index (χ0v) is 38.6. The monoisotopic (exact) mass is 832 g/mol. The number of benzene rings is 6. The molecule has 1 saturated carbocycles. The van der Waals surface area contributed by atoms with Crippen molar-refractivity contribution in [3.63, 3.8) is 0 Å². The van der Waals surface area contributed by atoms with Crippen molar-refractivity contribution in [2.24, 2.45) is 11.8 Å². The second kappa shape index (κ2) is 18.4. The molecule has 7 rings (SSSR count). The Labute approximate surface area is 360 Å². The fraction of sp³-hybridized carbons (Fsp3) is 0.296. The molecule has 4 atom stereocenters. The summed E-state index contributed by atoms with van der Waals surface area (Å²) in [5, 5.41) is 7.44. The van der Waals surface area contributed by atoms with Crippen molar-refractivity contribution in [1.82, 2.24) is 0 Å². The molecule has 0 heterocycles. The number of esters is 2. The highest BCUT2D eigenvalue weighted by Gasteiger charge is 2.61. The number of carbonyl (C=O) groups is 2. The van der Waals surface area contributed by atoms with E-state index in [2.05, 4.69) is 177 Å². The van der Waals surface area contributed by atoms with Crippen LogP contribution < -0.4 is 31.8 Å². The molecule has 6 aromatic rings. The molecule has 0 saturated heterocycles. The normalized spacial score (nSPS) is 17.4. The van der Waals surface area contributed by atoms with Crippen LogP contribution in [0.15, 0.2) is 121 Å². The summed E-state index contributed by atoms with van der Waals surface area (Å²) in [7, 11) is -2.16. The van der Waals surface area contributed by atoms with E-state index in [-0.39, 0.29) is 37.0 Å². The van der Waals surface area contributed by atoms with Gasteiger partial charge in [0.25, 0.3) is 0 Å². The van der Waals surface area contributed by atoms with Gasteiger partial charge < -0.3 is 9.47 Å². The highest BCUT2D eigenvalue weighted by molar-refractivity contribution is 7.80. The summed E-state index contributed by atoms with van der Waals surface area (Å²) >= 11 is 0. The number of ether oxygens (including phenoxy) is 2. The van der Waals surface area contributed by atoms with E-state index < -0.39 is 27.7 Å². The first-order valence-corrected chi connectivity index (χ1v) is 23.9. The number of aryl methyl sites for hydroxylation is 8. The molecule has 0 bridgehead atoms. The smallest absolute Gasteiger partial charge is 0.310 e. The van der Waals surface area contributed by atoms with Gasteiger partial charge in [-0.05, 0) is 128 Å². The quantitative estimate of drug-likeness (QED) is 0.0911. The van der Waals surface area contributed by atoms with E-state index in [9.17, 15) is 9.59 Å². The highest BCUT2D eigenvalue weighted by atomic mass is 31.1. The number of carbonyl (C=O) groups excluding carboxylic acids is 2. The number of hydrogen-bond donors (Lipinski definition) is 0. The lowest BCUT2D eigenvalue weighted by Gasteiger charge is -2.51. The molecule has 0 amide bonds. The highest BCUT2D eigenvalue weighted by Crippen LogP contribution is 2.60. The standard InChI is InChI=1S/C54H58O4P2/c1-11-57-53(55)51-49(45-17-13-15-19-47(45)59(41-25-33(3)21-34(4)26-41)42-27-35(5)22-36(6)28-42)50(52(51)54(56)58-12-2)46-18-14-16-20-48(46)60(43-29-37(7)23-38(8)30-43)44-31-39(9)24-40(10)32-44/h13-32,49-52H,11-12H2,1-10H3/t49-,50-,51-,52-/m0/s1. The van der Waals surface area contributed by atoms with Gasteiger partial charge in [0.05, 0.1) is 25.0 Å². The van der Waals surface area contributed by atoms with Crippen LogP contribution in [-0.4, -0.2) is 25.2 Å². The topological polar surface area (TPSA) is 52.6 Å². The van der Waals surface area contributed by atoms with Crippen LogP contribution in [0, 0.1) is 67.2 Å². The second-order valence-corrected chi connectivity index (χ2v) is 21.2. The van der Waals surface area contributed by atoms with Crippen LogP contribution in [0.5, 0.6) is 0 Å². The van der Waals surface area contributed by atoms with Crippen LogP contribution in [-0.2, 0) is 19.1 Å². The summed E-state index contributed by atoms with van der Waals surface area (Å²) in [5.74, 6) is -2.87. The van der Waals surface area contributed by atoms with Crippen molar-refractivity contribution >= 4 is 59.6 Å². The van der Waals surface area contributed by atoms with Gasteiger partial charge in [0, 0.05) is 11.8 Å². The fourth-order valence-electron chi connectivity index (χ4n) is 9.70. The van der Waals surface area contributed by atoms with Gasteiger partial charge in [-0.15, -0.1) is 0 Å². The van der Waals surface area contributed by atoms with Gasteiger partial charge in [0.2, 0.25) is 0 Å². The van der Waals surface area contributed by atoms with Crippen molar-refractivity contribution in [2.75, 3.05) is 13.2 Å². The Morgan fingerprint density at radius 2 is 0.667 bits per heavy atom. The van der Waals surface area contributed by atoms with Crippen LogP contribution in [0.4, 0.5) is 0 Å². The largest absolute Gasteiger partial charge is 0.466 e. The lowest BCUT2D eigenvalue weighted by molar-refractivity contribution is -0.171. The Morgan fingerprint density at radius 3 is 0.917 bits per heavy atom. The van der Waals surface area contributed by atoms with Crippen molar-refractivity contribution in [3.05, 3.63) is 177 Å². The molecule has 1 aliphatic rings. The fourth-order valence-corrected chi connectivity index (χ4v) is 15.5. The van der Waals surface area contributed by atoms with Gasteiger partial charge in [-0.1, -0.05) is 166 Å². The van der Waals surface area contributed by atoms with Crippen LogP contribution in [0.1, 0.15) is 81.3 Å². The zero-order valence-electron chi connectivity index (χ0n) is 36.8. The third-order valence-corrected chi connectivity index (χ3v) is 16.5. The van der Waals surface area contributed by atoms with Crippen LogP contribution >= 0.6 is 15.8 Å². The van der Waals surface area contributed by atoms with Crippen molar-refractivity contribution in [2.45, 2.75) is 81.1 Å². The molecule has 0 aromatic heterocycles. The van der Waals surface area contributed by atoms with Gasteiger partial charge in [-0.3, -0.25) is 9.59 Å². The van der Waals surface area contributed by atoms with Gasteiger partial charge >= 0.3 is 11.9 Å². The van der Waals surface area contributed by atoms with E-state index in [4.69, 9.17) is 9.47 Å². The predicted octanol–water partition coefficient (Wildman–Crippen LogP) is 9.91. The Hall–Kier alpha value is -4.88. The Balaban J connectivity index is 1.52. The van der Waals surface area contributed by atoms with E-state index in [1.165, 1.54) is 76.3 Å². The predicted molar refractivity (Wildman–Crippen MR) is 254 cm³/mol. The van der Waals surface area contributed by atoms with E-state index in [1.54, 1.807) is 0 Å². The van der Waals surface area contributed by atoms with Crippen LogP contribution in [0.2, 0.25) is 0 Å². The molecule has 6 aromatic carbocycles. The molecule has 0 spiro atoms. The first-order chi connectivity index (χ1) is 28.8. The van der Waals surface area contributed by atoms with E-state index >= 15 is 0 Å². The first kappa shape index (κ1) is 43.2. The Kier molecular flexibility index (Phi) is 13.2. The van der Waals surface area contributed by atoms with E-state index in [1.807, 2.05) is 13.8 Å². The van der Waals surface area contributed by atoms with Crippen molar-refractivity contribution < 1.29 is 19.1 Å². The summed E-state index contributed by atoms with van der Waals surface area (Å²) in [6.07, 6.45) is 0. The molecule has 6 heteroatoms. The second-order valence-electron chi connectivity index (χ2n) is 16.8. The van der Waals surface area contributed by atoms with Crippen LogP contribution in [0.25, 0.3) is 0 Å². The number of rotatable bonds is 12. The minimum Gasteiger partial charge on any atom is -0.466 e. The van der Waals surface area contributed by atoms with Gasteiger partial charge in [-0.25, -0.2) is 0 Å². The minimum absolute atomic E-state index is 0.225. The summed E-state index contributed by atoms with van der Waals surface area (Å²) in [5.41, 5.74) is 11.9. The molecule has 308 valence electrons. The minimum atomic E-state index is -1.08. The summed E-state index contributed by atoms with van der Waals surface area (Å²) in [6, 6.07) is 44.9. The molecule has 60 heavy (non-hydrogen) atoms. The lowest BCUT2D eigenvalue weighted by atomic mass is 9.52. The van der Waals surface area contributed by atoms with Gasteiger partial charge in [0.15, 0.2) is 0 Å². The molecular weight excluding hydrogens is 775 g/mol. The van der Waals surface area contributed by atoms with E-state index in [0.29, 0.717) is 0 Å². The maximum Gasteiger partial charge on any atom is 0.310 e. The molecule has 4 nitrogen and oxygen atoms in total. The third-order valence-electron chi connectivity index (χ3n) is 11.6. The first-order valence-electron chi connectivity index (χ1n) is 21.2. The average Bonchev–Trinajstić information content (AvgIpc) is 3.15. The maximum absolute atomic E-state index is 14.5. The molecule has 0 aliphatic heterocycles. The molecular formula is C54H58O4P2. The summed E-state index contributed by atoms with van der Waals surface area (Å²) < 4.78 is 11.8. The van der Waals surface area contributed by atoms with Gasteiger partial charge in [-0.2, -0.15) is 0 Å². The lowest BCUT2D eigenvalue weighted by Crippen LogP contribution is -2.54. The van der Waals surface area contributed by atoms with E-state index in [0.717, 1.165) is 11.1 Å². The van der Waals surface area contributed by atoms with Crippen molar-refractivity contribution in [3.8, 4) is 0 Å². The van der Waals surface area contributed by atoms with Crippen molar-refractivity contribution in [1.29, 1.82) is 0 Å². The molecule has 0 N–H and O–H groups in total. The summed E-state index contributed by atoms with van der Waals surface area (Å²) in [4.78, 5) is 29.0. The van der Waals surface area contributed by atoms with Gasteiger partial charge in [0.1, 0.15) is 0 Å². The van der Waals surface area contributed by atoms with Crippen LogP contribution in [0.3, 0.4) is 0 Å². The molecule has 1 aliphatic carbocycles. The molecule has 0 radical (unpaired) electrons. The Morgan fingerprint density at radius 1 is 0.417 bits per heavy atom. The SMILES string of the molecule is CCOC(=O)[C@@H]1[C@@H](C(=O)OCC)[C@@H](c2ccccc2P(c2cc(C)cc(C)c2)c2cc(C)cc(C)c2)[C@@H]1c1ccccc1P(c1cc(C)cc(C)c1)c1cc(C)cc(C)c1. The number of hydrogen-bond acceptors (Lipinski definition) is 4. The zero-order chi connectivity index (χ0) is 42.8. The maximum atomic E-state index is 14.5. The Bertz CT molecular complexity index is 2200.